The smallest absolute Gasteiger partial charge is 0.0270 e. The van der Waals surface area contributed by atoms with Crippen LogP contribution in [0.3, 0.4) is 0 Å². The fraction of sp³-hybridized carbons (Fsp3) is 1.00. The Kier molecular flexibility index (Phi) is 5.06. The van der Waals surface area contributed by atoms with E-state index >= 15 is 0 Å². The van der Waals surface area contributed by atoms with Gasteiger partial charge in [0.05, 0.1) is 0 Å². The minimum atomic E-state index is 0.289. The lowest BCUT2D eigenvalue weighted by atomic mass is 10.0. The molecule has 0 bridgehead atoms. The minimum absolute atomic E-state index is 0.289. The van der Waals surface area contributed by atoms with Crippen LogP contribution in [0.2, 0.25) is 0 Å². The molecule has 0 atom stereocenters. The number of nitrogens with zero attached hydrogens (tertiary/aromatic N) is 5. The van der Waals surface area contributed by atoms with Gasteiger partial charge in [-0.25, -0.2) is 0 Å². The van der Waals surface area contributed by atoms with Crippen molar-refractivity contribution in [3.05, 3.63) is 10.4 Å². The minimum Gasteiger partial charge on any atom is -0.301 e. The molecule has 0 aromatic carbocycles. The Hall–Kier alpha value is -0.770. The Morgan fingerprint density at radius 1 is 1.19 bits per heavy atom. The van der Waals surface area contributed by atoms with Crippen molar-refractivity contribution < 1.29 is 0 Å². The fourth-order valence-electron chi connectivity index (χ4n) is 2.05. The summed E-state index contributed by atoms with van der Waals surface area (Å²) in [7, 11) is 0. The molecule has 1 rings (SSSR count). The van der Waals surface area contributed by atoms with Crippen LogP contribution in [0.25, 0.3) is 10.4 Å². The quantitative estimate of drug-likeness (QED) is 0.318. The third-order valence-corrected chi connectivity index (χ3v) is 3.12. The summed E-state index contributed by atoms with van der Waals surface area (Å²) in [5.41, 5.74) is 8.45. The standard InChI is InChI=1S/C11H23N5/c1-11(2,3)16-9-7-15(8-10-16)6-4-5-13-14-12/h4-10H2,1-3H3. The molecular formula is C11H23N5. The summed E-state index contributed by atoms with van der Waals surface area (Å²) in [5, 5.41) is 3.55. The van der Waals surface area contributed by atoms with Crippen molar-refractivity contribution >= 4 is 0 Å². The molecule has 0 unspecified atom stereocenters. The van der Waals surface area contributed by atoms with Gasteiger partial charge >= 0.3 is 0 Å². The van der Waals surface area contributed by atoms with E-state index in [4.69, 9.17) is 5.53 Å². The number of azide groups is 1. The molecule has 0 spiro atoms. The average Bonchev–Trinajstić information content (AvgIpc) is 2.24. The molecule has 0 radical (unpaired) electrons. The molecule has 5 heteroatoms. The molecule has 0 aromatic heterocycles. The highest BCUT2D eigenvalue weighted by Crippen LogP contribution is 2.15. The largest absolute Gasteiger partial charge is 0.301 e. The Morgan fingerprint density at radius 2 is 1.81 bits per heavy atom. The van der Waals surface area contributed by atoms with Gasteiger partial charge in [0.1, 0.15) is 0 Å². The number of rotatable bonds is 4. The van der Waals surface area contributed by atoms with Crippen molar-refractivity contribution in [2.45, 2.75) is 32.7 Å². The maximum Gasteiger partial charge on any atom is 0.0270 e. The zero-order valence-electron chi connectivity index (χ0n) is 10.7. The second-order valence-corrected chi connectivity index (χ2v) is 5.31. The number of hydrogen-bond acceptors (Lipinski definition) is 3. The van der Waals surface area contributed by atoms with Crippen LogP contribution < -0.4 is 0 Å². The van der Waals surface area contributed by atoms with Crippen LogP contribution in [-0.2, 0) is 0 Å². The lowest BCUT2D eigenvalue weighted by Crippen LogP contribution is -2.53. The second kappa shape index (κ2) is 6.09. The molecule has 1 fully saturated rings. The zero-order chi connectivity index (χ0) is 12.0. The van der Waals surface area contributed by atoms with E-state index in [0.717, 1.165) is 39.1 Å². The van der Waals surface area contributed by atoms with Crippen LogP contribution in [0.1, 0.15) is 27.2 Å². The first-order valence-electron chi connectivity index (χ1n) is 6.02. The SMILES string of the molecule is CC(C)(C)N1CCN(CCCN=[N+]=[N-])CC1. The summed E-state index contributed by atoms with van der Waals surface area (Å²) < 4.78 is 0. The van der Waals surface area contributed by atoms with E-state index in [9.17, 15) is 0 Å². The topological polar surface area (TPSA) is 55.2 Å². The number of hydrogen-bond donors (Lipinski definition) is 0. The highest BCUT2D eigenvalue weighted by molar-refractivity contribution is 4.81. The van der Waals surface area contributed by atoms with Gasteiger partial charge in [0, 0.05) is 43.2 Å². The molecule has 1 aliphatic heterocycles. The molecule has 5 nitrogen and oxygen atoms in total. The molecule has 0 N–H and O–H groups in total. The van der Waals surface area contributed by atoms with Gasteiger partial charge in [-0.1, -0.05) is 5.11 Å². The summed E-state index contributed by atoms with van der Waals surface area (Å²) in [5.74, 6) is 0. The molecular weight excluding hydrogens is 202 g/mol. The fourth-order valence-corrected chi connectivity index (χ4v) is 2.05. The van der Waals surface area contributed by atoms with E-state index in [1.54, 1.807) is 0 Å². The van der Waals surface area contributed by atoms with Crippen LogP contribution in [0.5, 0.6) is 0 Å². The van der Waals surface area contributed by atoms with Gasteiger partial charge in [0.15, 0.2) is 0 Å². The number of piperazine rings is 1. The molecule has 0 saturated carbocycles. The highest BCUT2D eigenvalue weighted by Gasteiger charge is 2.25. The second-order valence-electron chi connectivity index (χ2n) is 5.31. The predicted molar refractivity (Wildman–Crippen MR) is 66.4 cm³/mol. The summed E-state index contributed by atoms with van der Waals surface area (Å²) in [6, 6.07) is 0. The third-order valence-electron chi connectivity index (χ3n) is 3.12. The van der Waals surface area contributed by atoms with Crippen LogP contribution in [0.15, 0.2) is 5.11 Å². The van der Waals surface area contributed by atoms with Crippen LogP contribution in [0, 0.1) is 0 Å². The van der Waals surface area contributed by atoms with Gasteiger partial charge in [-0.2, -0.15) is 0 Å². The zero-order valence-corrected chi connectivity index (χ0v) is 10.7. The van der Waals surface area contributed by atoms with Gasteiger partial charge in [-0.15, -0.1) is 0 Å². The molecule has 1 aliphatic rings. The van der Waals surface area contributed by atoms with E-state index in [0.29, 0.717) is 6.54 Å². The van der Waals surface area contributed by atoms with Gasteiger partial charge in [0.2, 0.25) is 0 Å². The van der Waals surface area contributed by atoms with E-state index in [1.165, 1.54) is 0 Å². The highest BCUT2D eigenvalue weighted by atomic mass is 15.3. The van der Waals surface area contributed by atoms with E-state index < -0.39 is 0 Å². The summed E-state index contributed by atoms with van der Waals surface area (Å²) >= 11 is 0. The van der Waals surface area contributed by atoms with Crippen LogP contribution >= 0.6 is 0 Å². The Labute approximate surface area is 98.0 Å². The van der Waals surface area contributed by atoms with Gasteiger partial charge < -0.3 is 4.90 Å². The molecule has 1 saturated heterocycles. The van der Waals surface area contributed by atoms with E-state index in [2.05, 4.69) is 40.6 Å². The lowest BCUT2D eigenvalue weighted by molar-refractivity contribution is 0.0622. The summed E-state index contributed by atoms with van der Waals surface area (Å²) in [4.78, 5) is 7.74. The lowest BCUT2D eigenvalue weighted by Gasteiger charge is -2.42. The molecule has 0 aliphatic carbocycles. The molecule has 1 heterocycles. The Balaban J connectivity index is 2.19. The van der Waals surface area contributed by atoms with Gasteiger partial charge in [-0.3, -0.25) is 4.90 Å². The average molecular weight is 225 g/mol. The molecule has 16 heavy (non-hydrogen) atoms. The van der Waals surface area contributed by atoms with E-state index in [1.807, 2.05) is 0 Å². The maximum absolute atomic E-state index is 8.17. The predicted octanol–water partition coefficient (Wildman–Crippen LogP) is 2.10. The van der Waals surface area contributed by atoms with Crippen molar-refractivity contribution in [1.82, 2.24) is 9.80 Å². The van der Waals surface area contributed by atoms with Gasteiger partial charge in [0.25, 0.3) is 0 Å². The molecule has 0 aromatic rings. The Morgan fingerprint density at radius 3 is 2.31 bits per heavy atom. The van der Waals surface area contributed by atoms with Crippen molar-refractivity contribution in [1.29, 1.82) is 0 Å². The maximum atomic E-state index is 8.17. The summed E-state index contributed by atoms with van der Waals surface area (Å²) in [6.07, 6.45) is 0.972. The van der Waals surface area contributed by atoms with Crippen molar-refractivity contribution in [2.75, 3.05) is 39.3 Å². The molecule has 92 valence electrons. The van der Waals surface area contributed by atoms with Crippen LogP contribution in [0.4, 0.5) is 0 Å². The first-order valence-corrected chi connectivity index (χ1v) is 6.02. The first kappa shape index (κ1) is 13.3. The Bertz CT molecular complexity index is 244. The van der Waals surface area contributed by atoms with Gasteiger partial charge in [-0.05, 0) is 39.3 Å². The van der Waals surface area contributed by atoms with Crippen molar-refractivity contribution in [3.63, 3.8) is 0 Å². The normalized spacial score (nSPS) is 19.4. The molecule has 0 amide bonds. The monoisotopic (exact) mass is 225 g/mol. The van der Waals surface area contributed by atoms with E-state index in [-0.39, 0.29) is 5.54 Å². The third kappa shape index (κ3) is 4.39. The van der Waals surface area contributed by atoms with Crippen molar-refractivity contribution in [3.8, 4) is 0 Å². The first-order chi connectivity index (χ1) is 7.54. The van der Waals surface area contributed by atoms with Crippen LogP contribution in [-0.4, -0.2) is 54.6 Å². The van der Waals surface area contributed by atoms with Crippen molar-refractivity contribution in [2.24, 2.45) is 5.11 Å². The summed E-state index contributed by atoms with van der Waals surface area (Å²) in [6.45, 7) is 13.0.